The van der Waals surface area contributed by atoms with Gasteiger partial charge in [-0.2, -0.15) is 0 Å². The molecule has 1 aliphatic heterocycles. The Kier molecular flexibility index (Phi) is 7.26. The summed E-state index contributed by atoms with van der Waals surface area (Å²) >= 11 is 0. The summed E-state index contributed by atoms with van der Waals surface area (Å²) in [4.78, 5) is 42.1. The van der Waals surface area contributed by atoms with Crippen molar-refractivity contribution in [3.05, 3.63) is 0 Å². The summed E-state index contributed by atoms with van der Waals surface area (Å²) in [5, 5.41) is 0. The van der Waals surface area contributed by atoms with Gasteiger partial charge >= 0.3 is 0 Å². The lowest BCUT2D eigenvalue weighted by atomic mass is 9.80. The molecule has 2 aliphatic rings. The summed E-state index contributed by atoms with van der Waals surface area (Å²) in [6.45, 7) is 7.08. The molecule has 2 fully saturated rings. The fraction of sp³-hybridized carbons (Fsp3) is 0.842. The van der Waals surface area contributed by atoms with Crippen LogP contribution in [0.4, 0.5) is 0 Å². The van der Waals surface area contributed by atoms with Crippen molar-refractivity contribution in [2.24, 2.45) is 11.8 Å². The van der Waals surface area contributed by atoms with E-state index in [9.17, 15) is 14.4 Å². The van der Waals surface area contributed by atoms with Crippen molar-refractivity contribution in [2.45, 2.75) is 52.4 Å². The van der Waals surface area contributed by atoms with Crippen LogP contribution in [0.2, 0.25) is 0 Å². The molecule has 142 valence electrons. The fourth-order valence-corrected chi connectivity index (χ4v) is 3.90. The van der Waals surface area contributed by atoms with E-state index in [2.05, 4.69) is 6.92 Å². The second-order valence-electron chi connectivity index (χ2n) is 7.49. The minimum Gasteiger partial charge on any atom is -0.346 e. The number of rotatable bonds is 5. The van der Waals surface area contributed by atoms with Crippen LogP contribution in [-0.2, 0) is 14.4 Å². The van der Waals surface area contributed by atoms with Crippen molar-refractivity contribution in [1.29, 1.82) is 0 Å². The Labute approximate surface area is 151 Å². The van der Waals surface area contributed by atoms with E-state index in [1.807, 2.05) is 16.8 Å². The third-order valence-electron chi connectivity index (χ3n) is 5.69. The molecule has 0 unspecified atom stereocenters. The molecule has 1 saturated heterocycles. The Morgan fingerprint density at radius 3 is 1.96 bits per heavy atom. The van der Waals surface area contributed by atoms with Gasteiger partial charge in [0.15, 0.2) is 0 Å². The minimum atomic E-state index is 0.0499. The van der Waals surface area contributed by atoms with Crippen LogP contribution in [0.15, 0.2) is 0 Å². The first-order chi connectivity index (χ1) is 11.9. The molecule has 0 N–H and O–H groups in total. The van der Waals surface area contributed by atoms with E-state index < -0.39 is 0 Å². The van der Waals surface area contributed by atoms with Gasteiger partial charge in [0, 0.05) is 58.5 Å². The van der Waals surface area contributed by atoms with Crippen LogP contribution in [0.3, 0.4) is 0 Å². The van der Waals surface area contributed by atoms with Crippen LogP contribution in [0, 0.1) is 11.8 Å². The molecule has 1 aliphatic carbocycles. The number of hydrogen-bond acceptors (Lipinski definition) is 3. The average molecular weight is 351 g/mol. The van der Waals surface area contributed by atoms with E-state index in [1.54, 1.807) is 11.8 Å². The van der Waals surface area contributed by atoms with E-state index >= 15 is 0 Å². The van der Waals surface area contributed by atoms with Crippen molar-refractivity contribution in [3.8, 4) is 0 Å². The van der Waals surface area contributed by atoms with E-state index in [4.69, 9.17) is 0 Å². The fourth-order valence-electron chi connectivity index (χ4n) is 3.90. The maximum absolute atomic E-state index is 12.7. The maximum Gasteiger partial charge on any atom is 0.225 e. The normalized spacial score (nSPS) is 24.1. The highest BCUT2D eigenvalue weighted by atomic mass is 16.2. The third kappa shape index (κ3) is 5.19. The van der Waals surface area contributed by atoms with Crippen LogP contribution in [0.1, 0.15) is 52.4 Å². The number of carbonyl (C=O) groups is 3. The van der Waals surface area contributed by atoms with Gasteiger partial charge in [-0.3, -0.25) is 14.4 Å². The predicted octanol–water partition coefficient (Wildman–Crippen LogP) is 1.74. The van der Waals surface area contributed by atoms with E-state index in [1.165, 1.54) is 0 Å². The Bertz CT molecular complexity index is 478. The lowest BCUT2D eigenvalue weighted by molar-refractivity contribution is -0.144. The number of carbonyl (C=O) groups excluding carboxylic acids is 3. The highest BCUT2D eigenvalue weighted by Gasteiger charge is 2.34. The van der Waals surface area contributed by atoms with Crippen LogP contribution in [0.5, 0.6) is 0 Å². The first-order valence-corrected chi connectivity index (χ1v) is 9.73. The summed E-state index contributed by atoms with van der Waals surface area (Å²) in [6, 6.07) is 0. The minimum absolute atomic E-state index is 0.0499. The largest absolute Gasteiger partial charge is 0.346 e. The summed E-state index contributed by atoms with van der Waals surface area (Å²) in [5.41, 5.74) is 0. The molecule has 0 atom stereocenters. The van der Waals surface area contributed by atoms with Gasteiger partial charge in [-0.1, -0.05) is 13.3 Å². The summed E-state index contributed by atoms with van der Waals surface area (Å²) in [6.07, 6.45) is 5.39. The smallest absolute Gasteiger partial charge is 0.225 e. The molecule has 0 spiro atoms. The van der Waals surface area contributed by atoms with Gasteiger partial charge in [0.25, 0.3) is 0 Å². The van der Waals surface area contributed by atoms with E-state index in [0.29, 0.717) is 26.2 Å². The highest BCUT2D eigenvalue weighted by molar-refractivity contribution is 5.81. The van der Waals surface area contributed by atoms with Gasteiger partial charge in [0.05, 0.1) is 0 Å². The number of piperazine rings is 1. The average Bonchev–Trinajstić information content (AvgIpc) is 2.65. The number of nitrogens with zero attached hydrogens (tertiary/aromatic N) is 3. The molecule has 1 heterocycles. The lowest BCUT2D eigenvalue weighted by Gasteiger charge is -2.37. The zero-order chi connectivity index (χ0) is 18.4. The number of unbranched alkanes of at least 4 members (excludes halogenated alkanes) is 1. The lowest BCUT2D eigenvalue weighted by Crippen LogP contribution is -2.51. The topological polar surface area (TPSA) is 60.9 Å². The quantitative estimate of drug-likeness (QED) is 0.758. The van der Waals surface area contributed by atoms with E-state index in [0.717, 1.165) is 45.1 Å². The molecule has 0 aromatic rings. The van der Waals surface area contributed by atoms with Crippen molar-refractivity contribution >= 4 is 17.7 Å². The van der Waals surface area contributed by atoms with Gasteiger partial charge in [0.2, 0.25) is 17.7 Å². The van der Waals surface area contributed by atoms with E-state index in [-0.39, 0.29) is 29.6 Å². The molecule has 2 rings (SSSR count). The van der Waals surface area contributed by atoms with Gasteiger partial charge < -0.3 is 14.7 Å². The summed E-state index contributed by atoms with van der Waals surface area (Å²) < 4.78 is 0. The molecule has 1 saturated carbocycles. The monoisotopic (exact) mass is 351 g/mol. The molecule has 25 heavy (non-hydrogen) atoms. The zero-order valence-corrected chi connectivity index (χ0v) is 16.0. The van der Waals surface area contributed by atoms with Crippen molar-refractivity contribution in [3.63, 3.8) is 0 Å². The van der Waals surface area contributed by atoms with Crippen LogP contribution in [0.25, 0.3) is 0 Å². The molecular weight excluding hydrogens is 318 g/mol. The highest BCUT2D eigenvalue weighted by Crippen LogP contribution is 2.31. The Hall–Kier alpha value is -1.59. The molecule has 0 aromatic carbocycles. The number of hydrogen-bond donors (Lipinski definition) is 0. The molecule has 6 heteroatoms. The SMILES string of the molecule is CCCCN(C)C(=O)C1CCC(C(=O)N2CCN(C(C)=O)CC2)CC1. The molecule has 6 nitrogen and oxygen atoms in total. The third-order valence-corrected chi connectivity index (χ3v) is 5.69. The maximum atomic E-state index is 12.7. The van der Waals surface area contributed by atoms with Crippen molar-refractivity contribution < 1.29 is 14.4 Å². The molecule has 0 bridgehead atoms. The summed E-state index contributed by atoms with van der Waals surface area (Å²) in [7, 11) is 1.89. The molecule has 0 aromatic heterocycles. The Balaban J connectivity index is 1.77. The van der Waals surface area contributed by atoms with Gasteiger partial charge in [-0.05, 0) is 32.1 Å². The van der Waals surface area contributed by atoms with Crippen LogP contribution in [-0.4, -0.2) is 72.2 Å². The van der Waals surface area contributed by atoms with Crippen molar-refractivity contribution in [2.75, 3.05) is 39.8 Å². The second-order valence-corrected chi connectivity index (χ2v) is 7.49. The Morgan fingerprint density at radius 2 is 1.44 bits per heavy atom. The van der Waals surface area contributed by atoms with Gasteiger partial charge in [-0.25, -0.2) is 0 Å². The second kappa shape index (κ2) is 9.20. The first-order valence-electron chi connectivity index (χ1n) is 9.73. The standard InChI is InChI=1S/C19H33N3O3/c1-4-5-10-20(3)18(24)16-6-8-17(9-7-16)19(25)22-13-11-21(12-14-22)15(2)23/h16-17H,4-14H2,1-3H3. The van der Waals surface area contributed by atoms with Gasteiger partial charge in [0.1, 0.15) is 0 Å². The Morgan fingerprint density at radius 1 is 0.920 bits per heavy atom. The van der Waals surface area contributed by atoms with Crippen LogP contribution >= 0.6 is 0 Å². The molecule has 0 radical (unpaired) electrons. The van der Waals surface area contributed by atoms with Gasteiger partial charge in [-0.15, -0.1) is 0 Å². The number of amides is 3. The molecule has 3 amide bonds. The van der Waals surface area contributed by atoms with Crippen molar-refractivity contribution in [1.82, 2.24) is 14.7 Å². The zero-order valence-electron chi connectivity index (χ0n) is 16.0. The van der Waals surface area contributed by atoms with Crippen LogP contribution < -0.4 is 0 Å². The molecular formula is C19H33N3O3. The first kappa shape index (κ1) is 19.7. The predicted molar refractivity (Wildman–Crippen MR) is 96.8 cm³/mol. The summed E-state index contributed by atoms with van der Waals surface area (Å²) in [5.74, 6) is 0.676.